The molecule has 0 atom stereocenters. The number of nitrogen functional groups attached to an aromatic ring is 1. The van der Waals surface area contributed by atoms with Crippen molar-refractivity contribution in [3.63, 3.8) is 0 Å². The highest BCUT2D eigenvalue weighted by molar-refractivity contribution is 5.92. The molecule has 1 heterocycles. The highest BCUT2D eigenvalue weighted by Crippen LogP contribution is 2.31. The number of nitrogens with two attached hydrogens (primary N) is 1. The van der Waals surface area contributed by atoms with Crippen LogP contribution in [0.4, 0.5) is 5.88 Å². The Labute approximate surface area is 112 Å². The Kier molecular flexibility index (Phi) is 3.00. The van der Waals surface area contributed by atoms with Gasteiger partial charge in [0.2, 0.25) is 0 Å². The van der Waals surface area contributed by atoms with E-state index in [0.29, 0.717) is 5.88 Å². The zero-order valence-corrected chi connectivity index (χ0v) is 11.0. The van der Waals surface area contributed by atoms with E-state index in [1.54, 1.807) is 0 Å². The van der Waals surface area contributed by atoms with Crippen molar-refractivity contribution >= 4 is 22.9 Å². The first-order valence-corrected chi connectivity index (χ1v) is 6.61. The monoisotopic (exact) mass is 251 g/mol. The number of para-hydroxylation sites is 1. The average Bonchev–Trinajstić information content (AvgIpc) is 2.76. The largest absolute Gasteiger partial charge is 0.440 e. The summed E-state index contributed by atoms with van der Waals surface area (Å²) in [5.41, 5.74) is 10.5. The van der Waals surface area contributed by atoms with Crippen molar-refractivity contribution in [3.05, 3.63) is 59.2 Å². The summed E-state index contributed by atoms with van der Waals surface area (Å²) in [4.78, 5) is 0. The maximum absolute atomic E-state index is 5.99. The van der Waals surface area contributed by atoms with E-state index >= 15 is 0 Å². The van der Waals surface area contributed by atoms with Crippen molar-refractivity contribution in [2.75, 3.05) is 5.73 Å². The first kappa shape index (κ1) is 11.8. The molecule has 1 aromatic carbocycles. The average molecular weight is 251 g/mol. The number of hydrogen-bond acceptors (Lipinski definition) is 2. The van der Waals surface area contributed by atoms with E-state index in [1.807, 2.05) is 24.3 Å². The van der Waals surface area contributed by atoms with Gasteiger partial charge in [-0.25, -0.2) is 0 Å². The molecule has 2 aromatic rings. The first-order chi connectivity index (χ1) is 9.28. The predicted octanol–water partition coefficient (Wildman–Crippen LogP) is 4.69. The lowest BCUT2D eigenvalue weighted by atomic mass is 9.96. The molecule has 0 bridgehead atoms. The summed E-state index contributed by atoms with van der Waals surface area (Å²) < 4.78 is 5.59. The van der Waals surface area contributed by atoms with Gasteiger partial charge in [0.15, 0.2) is 5.88 Å². The Morgan fingerprint density at radius 2 is 2.16 bits per heavy atom. The van der Waals surface area contributed by atoms with Crippen LogP contribution in [0.2, 0.25) is 0 Å². The fraction of sp³-hybridized carbons (Fsp3) is 0.176. The third kappa shape index (κ3) is 2.22. The second-order valence-electron chi connectivity index (χ2n) is 4.81. The Morgan fingerprint density at radius 3 is 3.00 bits per heavy atom. The van der Waals surface area contributed by atoms with Crippen LogP contribution in [0.25, 0.3) is 17.0 Å². The van der Waals surface area contributed by atoms with Crippen molar-refractivity contribution in [1.29, 1.82) is 0 Å². The number of benzene rings is 1. The number of allylic oxidation sites excluding steroid dienone is 5. The van der Waals surface area contributed by atoms with Crippen LogP contribution in [-0.2, 0) is 0 Å². The molecule has 96 valence electrons. The van der Waals surface area contributed by atoms with Crippen molar-refractivity contribution < 1.29 is 4.42 Å². The number of furan rings is 1. The summed E-state index contributed by atoms with van der Waals surface area (Å²) in [5.74, 6) is 0.495. The molecule has 2 N–H and O–H groups in total. The Morgan fingerprint density at radius 1 is 1.32 bits per heavy atom. The fourth-order valence-electron chi connectivity index (χ4n) is 2.45. The predicted molar refractivity (Wildman–Crippen MR) is 80.7 cm³/mol. The molecule has 0 fully saturated rings. The van der Waals surface area contributed by atoms with E-state index in [0.717, 1.165) is 29.4 Å². The molecule has 2 heteroatoms. The van der Waals surface area contributed by atoms with Gasteiger partial charge in [0.1, 0.15) is 5.58 Å². The van der Waals surface area contributed by atoms with Crippen molar-refractivity contribution in [1.82, 2.24) is 0 Å². The molecule has 1 aliphatic carbocycles. The van der Waals surface area contributed by atoms with Gasteiger partial charge in [-0.3, -0.25) is 0 Å². The van der Waals surface area contributed by atoms with Gasteiger partial charge < -0.3 is 10.2 Å². The van der Waals surface area contributed by atoms with E-state index in [4.69, 9.17) is 10.2 Å². The Bertz CT molecular complexity index is 701. The third-order valence-electron chi connectivity index (χ3n) is 3.52. The van der Waals surface area contributed by atoms with E-state index in [-0.39, 0.29) is 0 Å². The molecule has 0 unspecified atom stereocenters. The molecule has 1 aliphatic rings. The van der Waals surface area contributed by atoms with Crippen LogP contribution in [0.5, 0.6) is 0 Å². The Hall–Kier alpha value is -2.22. The lowest BCUT2D eigenvalue weighted by Gasteiger charge is -2.09. The lowest BCUT2D eigenvalue weighted by molar-refractivity contribution is 0.636. The fourth-order valence-corrected chi connectivity index (χ4v) is 2.45. The van der Waals surface area contributed by atoms with Crippen LogP contribution in [0.1, 0.15) is 25.3 Å². The minimum atomic E-state index is 0.495. The molecule has 0 spiro atoms. The summed E-state index contributed by atoms with van der Waals surface area (Å²) in [6.07, 6.45) is 10.6. The SMILES string of the molecule is CCC1=CC=C/C(=C/c2c(N)oc3ccccc23)C1. The Balaban J connectivity index is 2.04. The van der Waals surface area contributed by atoms with Crippen molar-refractivity contribution in [2.45, 2.75) is 19.8 Å². The molecule has 0 radical (unpaired) electrons. The number of rotatable bonds is 2. The molecule has 0 saturated carbocycles. The molecule has 0 saturated heterocycles. The maximum Gasteiger partial charge on any atom is 0.198 e. The van der Waals surface area contributed by atoms with Crippen molar-refractivity contribution in [2.24, 2.45) is 0 Å². The van der Waals surface area contributed by atoms with E-state index < -0.39 is 0 Å². The smallest absolute Gasteiger partial charge is 0.198 e. The summed E-state index contributed by atoms with van der Waals surface area (Å²) in [5, 5.41) is 1.08. The molecule has 19 heavy (non-hydrogen) atoms. The molecule has 0 amide bonds. The van der Waals surface area contributed by atoms with Crippen LogP contribution in [0.3, 0.4) is 0 Å². The van der Waals surface area contributed by atoms with Gasteiger partial charge in [0.05, 0.1) is 0 Å². The molecule has 2 nitrogen and oxygen atoms in total. The van der Waals surface area contributed by atoms with Gasteiger partial charge >= 0.3 is 0 Å². The molecular formula is C17H17NO. The highest BCUT2D eigenvalue weighted by atomic mass is 16.3. The van der Waals surface area contributed by atoms with Gasteiger partial charge in [-0.05, 0) is 30.6 Å². The van der Waals surface area contributed by atoms with Crippen LogP contribution in [0.15, 0.2) is 58.1 Å². The molecule has 1 aromatic heterocycles. The van der Waals surface area contributed by atoms with Gasteiger partial charge in [0.25, 0.3) is 0 Å². The maximum atomic E-state index is 5.99. The number of hydrogen-bond donors (Lipinski definition) is 1. The zero-order chi connectivity index (χ0) is 13.2. The van der Waals surface area contributed by atoms with E-state index in [2.05, 4.69) is 31.2 Å². The van der Waals surface area contributed by atoms with Crippen LogP contribution >= 0.6 is 0 Å². The normalized spacial score (nSPS) is 17.1. The summed E-state index contributed by atoms with van der Waals surface area (Å²) >= 11 is 0. The van der Waals surface area contributed by atoms with E-state index in [9.17, 15) is 0 Å². The molecule has 3 rings (SSSR count). The lowest BCUT2D eigenvalue weighted by Crippen LogP contribution is -1.91. The summed E-state index contributed by atoms with van der Waals surface area (Å²) in [6, 6.07) is 7.96. The zero-order valence-electron chi connectivity index (χ0n) is 11.0. The minimum Gasteiger partial charge on any atom is -0.440 e. The number of fused-ring (bicyclic) bond motifs is 1. The van der Waals surface area contributed by atoms with Crippen LogP contribution in [-0.4, -0.2) is 0 Å². The van der Waals surface area contributed by atoms with Gasteiger partial charge in [-0.15, -0.1) is 0 Å². The quantitative estimate of drug-likeness (QED) is 0.840. The number of anilines is 1. The summed E-state index contributed by atoms with van der Waals surface area (Å²) in [7, 11) is 0. The van der Waals surface area contributed by atoms with E-state index in [1.165, 1.54) is 11.1 Å². The summed E-state index contributed by atoms with van der Waals surface area (Å²) in [6.45, 7) is 2.18. The topological polar surface area (TPSA) is 39.2 Å². The highest BCUT2D eigenvalue weighted by Gasteiger charge is 2.10. The van der Waals surface area contributed by atoms with Gasteiger partial charge in [-0.2, -0.15) is 0 Å². The first-order valence-electron chi connectivity index (χ1n) is 6.61. The molecular weight excluding hydrogens is 234 g/mol. The minimum absolute atomic E-state index is 0.495. The second-order valence-corrected chi connectivity index (χ2v) is 4.81. The second kappa shape index (κ2) is 4.81. The van der Waals surface area contributed by atoms with Crippen LogP contribution in [0, 0.1) is 0 Å². The van der Waals surface area contributed by atoms with Crippen molar-refractivity contribution in [3.8, 4) is 0 Å². The third-order valence-corrected chi connectivity index (χ3v) is 3.52. The van der Waals surface area contributed by atoms with Crippen LogP contribution < -0.4 is 5.73 Å². The van der Waals surface area contributed by atoms with Gasteiger partial charge in [0, 0.05) is 10.9 Å². The van der Waals surface area contributed by atoms with Gasteiger partial charge in [-0.1, -0.05) is 48.9 Å². The standard InChI is InChI=1S/C17H17NO/c1-2-12-6-5-7-13(10-12)11-15-14-8-3-4-9-16(14)19-17(15)18/h3-9,11H,2,10,18H2,1H3/b13-11-. The molecule has 0 aliphatic heterocycles.